The second kappa shape index (κ2) is 5.82. The highest BCUT2D eigenvalue weighted by molar-refractivity contribution is 9.10. The van der Waals surface area contributed by atoms with Crippen molar-refractivity contribution in [2.24, 2.45) is 0 Å². The van der Waals surface area contributed by atoms with Crippen molar-refractivity contribution in [2.75, 3.05) is 12.4 Å². The van der Waals surface area contributed by atoms with Gasteiger partial charge in [-0.2, -0.15) is 0 Å². The molecule has 4 heteroatoms. The number of methoxy groups -OCH3 is 1. The molecule has 2 aromatic carbocycles. The zero-order chi connectivity index (χ0) is 14.8. The van der Waals surface area contributed by atoms with Crippen molar-refractivity contribution in [3.63, 3.8) is 0 Å². The summed E-state index contributed by atoms with van der Waals surface area (Å²) in [4.78, 5) is 0. The lowest BCUT2D eigenvalue weighted by Crippen LogP contribution is -2.02. The fraction of sp³-hybridized carbons (Fsp3) is 0.176. The third kappa shape index (κ3) is 2.90. The van der Waals surface area contributed by atoms with Crippen LogP contribution in [0.4, 0.5) is 5.69 Å². The van der Waals surface area contributed by atoms with Crippen LogP contribution in [0.25, 0.3) is 11.0 Å². The monoisotopic (exact) mass is 345 g/mol. The first-order chi connectivity index (χ1) is 10.2. The van der Waals surface area contributed by atoms with Crippen molar-refractivity contribution in [1.29, 1.82) is 0 Å². The number of benzene rings is 2. The van der Waals surface area contributed by atoms with Crippen molar-refractivity contribution in [1.82, 2.24) is 0 Å². The normalized spacial score (nSPS) is 10.8. The van der Waals surface area contributed by atoms with Gasteiger partial charge in [-0.3, -0.25) is 0 Å². The number of furan rings is 1. The molecule has 0 saturated heterocycles. The second-order valence-electron chi connectivity index (χ2n) is 4.90. The first-order valence-corrected chi connectivity index (χ1v) is 7.52. The van der Waals surface area contributed by atoms with E-state index < -0.39 is 0 Å². The molecule has 0 radical (unpaired) electrons. The van der Waals surface area contributed by atoms with Gasteiger partial charge in [0.25, 0.3) is 0 Å². The second-order valence-corrected chi connectivity index (χ2v) is 5.82. The van der Waals surface area contributed by atoms with Gasteiger partial charge in [0.1, 0.15) is 17.1 Å². The summed E-state index contributed by atoms with van der Waals surface area (Å²) >= 11 is 3.48. The molecule has 3 aromatic rings. The highest BCUT2D eigenvalue weighted by Gasteiger charge is 2.09. The van der Waals surface area contributed by atoms with E-state index in [9.17, 15) is 0 Å². The van der Waals surface area contributed by atoms with Crippen molar-refractivity contribution in [2.45, 2.75) is 13.5 Å². The summed E-state index contributed by atoms with van der Waals surface area (Å²) in [6.07, 6.45) is 0. The SMILES string of the molecule is COc1cc(Br)cc(C)c1NCc1cc2ccccc2o1. The number of hydrogen-bond donors (Lipinski definition) is 1. The maximum Gasteiger partial charge on any atom is 0.143 e. The van der Waals surface area contributed by atoms with Crippen LogP contribution < -0.4 is 10.1 Å². The van der Waals surface area contributed by atoms with E-state index in [0.717, 1.165) is 38.2 Å². The van der Waals surface area contributed by atoms with Gasteiger partial charge in [-0.15, -0.1) is 0 Å². The smallest absolute Gasteiger partial charge is 0.143 e. The Kier molecular flexibility index (Phi) is 3.88. The summed E-state index contributed by atoms with van der Waals surface area (Å²) in [5.41, 5.74) is 3.02. The molecule has 3 rings (SSSR count). The first kappa shape index (κ1) is 14.0. The van der Waals surface area contributed by atoms with Gasteiger partial charge in [0.2, 0.25) is 0 Å². The number of aryl methyl sites for hydroxylation is 1. The number of hydrogen-bond acceptors (Lipinski definition) is 3. The van der Waals surface area contributed by atoms with E-state index in [1.54, 1.807) is 7.11 Å². The van der Waals surface area contributed by atoms with Crippen molar-refractivity contribution in [3.05, 3.63) is 58.3 Å². The van der Waals surface area contributed by atoms with E-state index in [1.807, 2.05) is 37.3 Å². The molecule has 0 fully saturated rings. The Labute approximate surface area is 132 Å². The lowest BCUT2D eigenvalue weighted by molar-refractivity contribution is 0.415. The van der Waals surface area contributed by atoms with E-state index in [-0.39, 0.29) is 0 Å². The molecule has 0 saturated carbocycles. The van der Waals surface area contributed by atoms with Crippen molar-refractivity contribution < 1.29 is 9.15 Å². The highest BCUT2D eigenvalue weighted by atomic mass is 79.9. The van der Waals surface area contributed by atoms with Crippen LogP contribution in [0.15, 0.2) is 51.4 Å². The summed E-state index contributed by atoms with van der Waals surface area (Å²) < 4.78 is 12.3. The molecule has 0 bridgehead atoms. The average molecular weight is 346 g/mol. The van der Waals surface area contributed by atoms with Crippen LogP contribution >= 0.6 is 15.9 Å². The predicted molar refractivity (Wildman–Crippen MR) is 89.0 cm³/mol. The summed E-state index contributed by atoms with van der Waals surface area (Å²) in [5.74, 6) is 1.72. The Balaban J connectivity index is 1.84. The van der Waals surface area contributed by atoms with Crippen molar-refractivity contribution >= 4 is 32.6 Å². The van der Waals surface area contributed by atoms with Gasteiger partial charge < -0.3 is 14.5 Å². The Hall–Kier alpha value is -1.94. The summed E-state index contributed by atoms with van der Waals surface area (Å²) in [6.45, 7) is 2.67. The molecule has 108 valence electrons. The Bertz CT molecular complexity index is 747. The summed E-state index contributed by atoms with van der Waals surface area (Å²) in [6, 6.07) is 14.1. The lowest BCUT2D eigenvalue weighted by atomic mass is 10.2. The molecule has 1 heterocycles. The van der Waals surface area contributed by atoms with Gasteiger partial charge in [0.05, 0.1) is 19.3 Å². The van der Waals surface area contributed by atoms with E-state index in [4.69, 9.17) is 9.15 Å². The number of anilines is 1. The lowest BCUT2D eigenvalue weighted by Gasteiger charge is -2.13. The van der Waals surface area contributed by atoms with Gasteiger partial charge in [0.15, 0.2) is 0 Å². The van der Waals surface area contributed by atoms with Gasteiger partial charge in [0, 0.05) is 9.86 Å². The molecular weight excluding hydrogens is 330 g/mol. The first-order valence-electron chi connectivity index (χ1n) is 6.73. The average Bonchev–Trinajstić information content (AvgIpc) is 2.88. The quantitative estimate of drug-likeness (QED) is 0.712. The van der Waals surface area contributed by atoms with Crippen LogP contribution in [0, 0.1) is 6.92 Å². The molecule has 3 nitrogen and oxygen atoms in total. The van der Waals surface area contributed by atoms with Gasteiger partial charge in [-0.05, 0) is 36.8 Å². The topological polar surface area (TPSA) is 34.4 Å². The van der Waals surface area contributed by atoms with E-state index in [0.29, 0.717) is 6.54 Å². The maximum atomic E-state index is 5.81. The van der Waals surface area contributed by atoms with Crippen LogP contribution in [0.2, 0.25) is 0 Å². The molecule has 21 heavy (non-hydrogen) atoms. The zero-order valence-electron chi connectivity index (χ0n) is 11.9. The van der Waals surface area contributed by atoms with Crippen LogP contribution in [-0.2, 0) is 6.54 Å². The molecule has 0 atom stereocenters. The Morgan fingerprint density at radius 1 is 1.19 bits per heavy atom. The Morgan fingerprint density at radius 3 is 2.76 bits per heavy atom. The maximum absolute atomic E-state index is 5.81. The van der Waals surface area contributed by atoms with Gasteiger partial charge in [-0.25, -0.2) is 0 Å². The molecule has 1 N–H and O–H groups in total. The minimum absolute atomic E-state index is 0.619. The molecule has 0 unspecified atom stereocenters. The van der Waals surface area contributed by atoms with E-state index >= 15 is 0 Å². The number of ether oxygens (including phenoxy) is 1. The zero-order valence-corrected chi connectivity index (χ0v) is 13.5. The van der Waals surface area contributed by atoms with Gasteiger partial charge in [-0.1, -0.05) is 34.1 Å². The number of para-hydroxylation sites is 1. The minimum atomic E-state index is 0.619. The molecular formula is C17H16BrNO2. The molecule has 0 aliphatic rings. The number of halogens is 1. The number of fused-ring (bicyclic) bond motifs is 1. The number of rotatable bonds is 4. The predicted octanol–water partition coefficient (Wildman–Crippen LogP) is 5.12. The van der Waals surface area contributed by atoms with Crippen LogP contribution in [0.3, 0.4) is 0 Å². The van der Waals surface area contributed by atoms with Crippen molar-refractivity contribution in [3.8, 4) is 5.75 Å². The Morgan fingerprint density at radius 2 is 2.00 bits per heavy atom. The van der Waals surface area contributed by atoms with E-state index in [2.05, 4.69) is 33.4 Å². The standard InChI is InChI=1S/C17H16BrNO2/c1-11-7-13(18)9-16(20-2)17(11)19-10-14-8-12-5-3-4-6-15(12)21-14/h3-9,19H,10H2,1-2H3. The number of nitrogens with one attached hydrogen (secondary N) is 1. The molecule has 0 aliphatic heterocycles. The highest BCUT2D eigenvalue weighted by Crippen LogP contribution is 2.32. The van der Waals surface area contributed by atoms with Crippen LogP contribution in [0.5, 0.6) is 5.75 Å². The summed E-state index contributed by atoms with van der Waals surface area (Å²) in [5, 5.41) is 4.52. The molecule has 0 aliphatic carbocycles. The fourth-order valence-electron chi connectivity index (χ4n) is 2.40. The third-order valence-corrected chi connectivity index (χ3v) is 3.86. The minimum Gasteiger partial charge on any atom is -0.495 e. The molecule has 0 amide bonds. The van der Waals surface area contributed by atoms with Crippen LogP contribution in [-0.4, -0.2) is 7.11 Å². The van der Waals surface area contributed by atoms with E-state index in [1.165, 1.54) is 0 Å². The molecule has 0 spiro atoms. The molecule has 1 aromatic heterocycles. The summed E-state index contributed by atoms with van der Waals surface area (Å²) in [7, 11) is 1.67. The third-order valence-electron chi connectivity index (χ3n) is 3.40. The van der Waals surface area contributed by atoms with Crippen LogP contribution in [0.1, 0.15) is 11.3 Å². The fourth-order valence-corrected chi connectivity index (χ4v) is 2.95. The largest absolute Gasteiger partial charge is 0.495 e. The van der Waals surface area contributed by atoms with Gasteiger partial charge >= 0.3 is 0 Å².